The molecule has 0 aliphatic carbocycles. The minimum Gasteiger partial charge on any atom is -0.364 e. The molecule has 1 N–H and O–H groups in total. The summed E-state index contributed by atoms with van der Waals surface area (Å²) < 4.78 is 52.8. The molecule has 0 radical (unpaired) electrons. The van der Waals surface area contributed by atoms with Gasteiger partial charge in [0.2, 0.25) is 6.23 Å². The molecule has 2 aliphatic rings. The second kappa shape index (κ2) is 8.83. The molecule has 12 heteroatoms. The predicted octanol–water partition coefficient (Wildman–Crippen LogP) is 3.65. The smallest absolute Gasteiger partial charge is 0.364 e. The van der Waals surface area contributed by atoms with Gasteiger partial charge in [0.1, 0.15) is 17.5 Å². The van der Waals surface area contributed by atoms with Crippen molar-refractivity contribution in [2.45, 2.75) is 38.2 Å². The van der Waals surface area contributed by atoms with Crippen LogP contribution in [-0.2, 0) is 11.0 Å². The number of hydrogen-bond acceptors (Lipinski definition) is 7. The van der Waals surface area contributed by atoms with Crippen molar-refractivity contribution in [3.63, 3.8) is 0 Å². The Labute approximate surface area is 187 Å². The summed E-state index contributed by atoms with van der Waals surface area (Å²) >= 11 is 0. The number of aromatic nitrogens is 2. The van der Waals surface area contributed by atoms with E-state index >= 15 is 0 Å². The van der Waals surface area contributed by atoms with Gasteiger partial charge in [-0.1, -0.05) is 11.2 Å². The Bertz CT molecular complexity index is 1060. The van der Waals surface area contributed by atoms with Gasteiger partial charge in [0.15, 0.2) is 5.69 Å². The first-order valence-electron chi connectivity index (χ1n) is 10.3. The standard InChI is InChI=1S/C21H22F4N6O2/c1-12-29-33-20(30(12)2)18-14(6-3-7-15(18)22)19(32)31-8-4-5-13(11-31)28-17-10-26-16(9-27-17)21(23,24)25/h3,6-7,9-10,13,20H,4-5,8,11H2,1-2H3,(H,27,28)/t13-,20?/m1/s1. The molecular weight excluding hydrogens is 444 g/mol. The van der Waals surface area contributed by atoms with Crippen LogP contribution in [0.5, 0.6) is 0 Å². The second-order valence-corrected chi connectivity index (χ2v) is 7.93. The molecule has 0 saturated carbocycles. The third-order valence-corrected chi connectivity index (χ3v) is 5.68. The lowest BCUT2D eigenvalue weighted by Crippen LogP contribution is -2.45. The minimum absolute atomic E-state index is 0.106. The minimum atomic E-state index is -4.57. The van der Waals surface area contributed by atoms with Gasteiger partial charge in [0, 0.05) is 26.2 Å². The summed E-state index contributed by atoms with van der Waals surface area (Å²) in [6, 6.07) is 4.03. The third kappa shape index (κ3) is 4.69. The van der Waals surface area contributed by atoms with E-state index in [0.29, 0.717) is 31.4 Å². The lowest BCUT2D eigenvalue weighted by molar-refractivity contribution is -0.141. The first kappa shape index (κ1) is 22.7. The number of alkyl halides is 3. The van der Waals surface area contributed by atoms with Gasteiger partial charge in [0.05, 0.1) is 23.5 Å². The summed E-state index contributed by atoms with van der Waals surface area (Å²) in [6.07, 6.45) is -2.40. The number of nitrogens with one attached hydrogen (secondary N) is 1. The number of rotatable bonds is 4. The maximum absolute atomic E-state index is 14.8. The Morgan fingerprint density at radius 3 is 2.67 bits per heavy atom. The molecule has 2 atom stereocenters. The molecular formula is C21H22F4N6O2. The lowest BCUT2D eigenvalue weighted by Gasteiger charge is -2.34. The van der Waals surface area contributed by atoms with Crippen molar-refractivity contribution in [1.82, 2.24) is 19.8 Å². The molecule has 1 fully saturated rings. The van der Waals surface area contributed by atoms with Gasteiger partial charge in [-0.3, -0.25) is 4.79 Å². The molecule has 176 valence electrons. The number of amidine groups is 1. The zero-order valence-corrected chi connectivity index (χ0v) is 17.9. The molecule has 33 heavy (non-hydrogen) atoms. The van der Waals surface area contributed by atoms with Crippen molar-refractivity contribution in [3.05, 3.63) is 53.2 Å². The van der Waals surface area contributed by atoms with E-state index in [4.69, 9.17) is 4.84 Å². The molecule has 1 aromatic heterocycles. The maximum Gasteiger partial charge on any atom is 0.434 e. The molecule has 1 amide bonds. The largest absolute Gasteiger partial charge is 0.434 e. The zero-order chi connectivity index (χ0) is 23.8. The second-order valence-electron chi connectivity index (χ2n) is 7.93. The van der Waals surface area contributed by atoms with Crippen LogP contribution < -0.4 is 5.32 Å². The van der Waals surface area contributed by atoms with Crippen LogP contribution in [-0.4, -0.2) is 57.7 Å². The Morgan fingerprint density at radius 1 is 1.24 bits per heavy atom. The van der Waals surface area contributed by atoms with E-state index in [1.54, 1.807) is 29.8 Å². The van der Waals surface area contributed by atoms with Crippen molar-refractivity contribution < 1.29 is 27.2 Å². The monoisotopic (exact) mass is 466 g/mol. The number of hydrogen-bond donors (Lipinski definition) is 1. The maximum atomic E-state index is 14.8. The van der Waals surface area contributed by atoms with Crippen LogP contribution in [0.2, 0.25) is 0 Å². The van der Waals surface area contributed by atoms with Crippen LogP contribution in [0.1, 0.15) is 47.6 Å². The van der Waals surface area contributed by atoms with E-state index in [0.717, 1.165) is 6.20 Å². The SMILES string of the molecule is CC1=NOC(c2c(F)cccc2C(=O)N2CCC[C@@H](Nc3cnc(C(F)(F)F)cn3)C2)N1C. The molecule has 8 nitrogen and oxygen atoms in total. The number of anilines is 1. The zero-order valence-electron chi connectivity index (χ0n) is 17.9. The van der Waals surface area contributed by atoms with E-state index in [2.05, 4.69) is 20.4 Å². The van der Waals surface area contributed by atoms with Crippen LogP contribution >= 0.6 is 0 Å². The number of halogens is 4. The highest BCUT2D eigenvalue weighted by molar-refractivity contribution is 5.96. The van der Waals surface area contributed by atoms with E-state index in [1.165, 1.54) is 12.1 Å². The van der Waals surface area contributed by atoms with E-state index in [9.17, 15) is 22.4 Å². The number of piperidine rings is 1. The molecule has 4 rings (SSSR count). The number of likely N-dealkylation sites (tertiary alicyclic amines) is 1. The average Bonchev–Trinajstić information content (AvgIpc) is 3.11. The molecule has 0 bridgehead atoms. The van der Waals surface area contributed by atoms with Gasteiger partial charge in [-0.05, 0) is 31.9 Å². The summed E-state index contributed by atoms with van der Waals surface area (Å²) in [6.45, 7) is 2.45. The average molecular weight is 466 g/mol. The number of benzene rings is 1. The normalized spacial score (nSPS) is 21.0. The molecule has 3 heterocycles. The number of nitrogens with zero attached hydrogens (tertiary/aromatic N) is 5. The van der Waals surface area contributed by atoms with Crippen LogP contribution in [0, 0.1) is 5.82 Å². The van der Waals surface area contributed by atoms with E-state index in [-0.39, 0.29) is 35.4 Å². The fourth-order valence-corrected chi connectivity index (χ4v) is 3.86. The Morgan fingerprint density at radius 2 is 2.03 bits per heavy atom. The van der Waals surface area contributed by atoms with Crippen molar-refractivity contribution in [1.29, 1.82) is 0 Å². The Hall–Kier alpha value is -3.44. The number of amides is 1. The topological polar surface area (TPSA) is 82.9 Å². The number of oxime groups is 1. The first-order chi connectivity index (χ1) is 15.6. The summed E-state index contributed by atoms with van der Waals surface area (Å²) in [5.41, 5.74) is -0.800. The molecule has 2 aliphatic heterocycles. The van der Waals surface area contributed by atoms with Crippen molar-refractivity contribution in [2.24, 2.45) is 5.16 Å². The number of carbonyl (C=O) groups excluding carboxylic acids is 1. The highest BCUT2D eigenvalue weighted by Crippen LogP contribution is 2.32. The van der Waals surface area contributed by atoms with Crippen molar-refractivity contribution in [2.75, 3.05) is 25.5 Å². The highest BCUT2D eigenvalue weighted by atomic mass is 19.4. The quantitative estimate of drug-likeness (QED) is 0.693. The predicted molar refractivity (Wildman–Crippen MR) is 111 cm³/mol. The van der Waals surface area contributed by atoms with Gasteiger partial charge in [-0.25, -0.2) is 14.4 Å². The van der Waals surface area contributed by atoms with Crippen molar-refractivity contribution >= 4 is 17.6 Å². The van der Waals surface area contributed by atoms with Gasteiger partial charge in [0.25, 0.3) is 5.91 Å². The highest BCUT2D eigenvalue weighted by Gasteiger charge is 2.35. The fraction of sp³-hybridized carbons (Fsp3) is 0.429. The lowest BCUT2D eigenvalue weighted by atomic mass is 10.0. The van der Waals surface area contributed by atoms with E-state index < -0.39 is 23.9 Å². The molecule has 0 spiro atoms. The molecule has 1 saturated heterocycles. The molecule has 1 aromatic carbocycles. The molecule has 2 aromatic rings. The summed E-state index contributed by atoms with van der Waals surface area (Å²) in [7, 11) is 1.70. The Kier molecular flexibility index (Phi) is 6.09. The van der Waals surface area contributed by atoms with Gasteiger partial charge < -0.3 is 20.0 Å². The van der Waals surface area contributed by atoms with Crippen LogP contribution in [0.3, 0.4) is 0 Å². The first-order valence-corrected chi connectivity index (χ1v) is 10.3. The van der Waals surface area contributed by atoms with Crippen LogP contribution in [0.15, 0.2) is 35.7 Å². The van der Waals surface area contributed by atoms with Crippen molar-refractivity contribution in [3.8, 4) is 0 Å². The fourth-order valence-electron chi connectivity index (χ4n) is 3.86. The number of carbonyl (C=O) groups is 1. The van der Waals surface area contributed by atoms with E-state index in [1.807, 2.05) is 0 Å². The van der Waals surface area contributed by atoms with Gasteiger partial charge >= 0.3 is 6.18 Å². The van der Waals surface area contributed by atoms with Crippen LogP contribution in [0.4, 0.5) is 23.4 Å². The third-order valence-electron chi connectivity index (χ3n) is 5.68. The van der Waals surface area contributed by atoms with Gasteiger partial charge in [-0.2, -0.15) is 13.2 Å². The summed E-state index contributed by atoms with van der Waals surface area (Å²) in [5.74, 6) is -0.200. The summed E-state index contributed by atoms with van der Waals surface area (Å²) in [4.78, 5) is 29.1. The van der Waals surface area contributed by atoms with Crippen LogP contribution in [0.25, 0.3) is 0 Å². The Balaban J connectivity index is 1.49. The van der Waals surface area contributed by atoms with Gasteiger partial charge in [-0.15, -0.1) is 0 Å². The summed E-state index contributed by atoms with van der Waals surface area (Å²) in [5, 5.41) is 6.90. The molecule has 1 unspecified atom stereocenters.